The third kappa shape index (κ3) is 4.82. The zero-order valence-corrected chi connectivity index (χ0v) is 20.9. The zero-order valence-electron chi connectivity index (χ0n) is 18.0. The first-order valence-corrected chi connectivity index (χ1v) is 12.9. The summed E-state index contributed by atoms with van der Waals surface area (Å²) in [6.07, 6.45) is 2.44. The number of pyridine rings is 1. The third-order valence-corrected chi connectivity index (χ3v) is 7.49. The monoisotopic (exact) mass is 560 g/mol. The number of rotatable bonds is 8. The van der Waals surface area contributed by atoms with E-state index in [1.807, 2.05) is 55.4 Å². The van der Waals surface area contributed by atoms with Crippen molar-refractivity contribution in [3.05, 3.63) is 70.4 Å². The van der Waals surface area contributed by atoms with E-state index in [0.717, 1.165) is 36.6 Å². The van der Waals surface area contributed by atoms with Crippen molar-refractivity contribution in [2.45, 2.75) is 11.3 Å². The minimum Gasteiger partial charge on any atom is -0.384 e. The van der Waals surface area contributed by atoms with Crippen LogP contribution in [0.2, 0.25) is 0 Å². The molecule has 0 aliphatic carbocycles. The first-order valence-electron chi connectivity index (χ1n) is 10.3. The van der Waals surface area contributed by atoms with E-state index >= 15 is 0 Å². The first kappa shape index (κ1) is 22.8. The number of fused-ring (bicyclic) bond motifs is 2. The van der Waals surface area contributed by atoms with Crippen LogP contribution in [0.4, 0.5) is 11.4 Å². The molecule has 6 nitrogen and oxygen atoms in total. The largest absolute Gasteiger partial charge is 0.384 e. The molecule has 8 heteroatoms. The summed E-state index contributed by atoms with van der Waals surface area (Å²) in [4.78, 5) is 6.71. The summed E-state index contributed by atoms with van der Waals surface area (Å²) in [6.45, 7) is 0.994. The molecule has 166 valence electrons. The van der Waals surface area contributed by atoms with Crippen LogP contribution < -0.4 is 14.9 Å². The quantitative estimate of drug-likeness (QED) is 0.239. The van der Waals surface area contributed by atoms with Gasteiger partial charge in [0.05, 0.1) is 10.4 Å². The highest BCUT2D eigenvalue weighted by Gasteiger charge is 2.18. The molecule has 0 fully saturated rings. The summed E-state index contributed by atoms with van der Waals surface area (Å²) < 4.78 is 29.9. The van der Waals surface area contributed by atoms with Crippen LogP contribution in [-0.4, -0.2) is 40.6 Å². The third-order valence-electron chi connectivity index (χ3n) is 5.30. The van der Waals surface area contributed by atoms with Gasteiger partial charge in [0.2, 0.25) is 10.0 Å². The molecule has 0 radical (unpaired) electrons. The molecular formula is C24H25IN4O2S. The molecule has 32 heavy (non-hydrogen) atoms. The Morgan fingerprint density at radius 2 is 1.72 bits per heavy atom. The second-order valence-corrected chi connectivity index (χ2v) is 10.7. The van der Waals surface area contributed by atoms with Gasteiger partial charge in [-0.05, 0) is 65.4 Å². The predicted octanol–water partition coefficient (Wildman–Crippen LogP) is 4.84. The summed E-state index contributed by atoms with van der Waals surface area (Å²) >= 11 is 2.27. The maximum absolute atomic E-state index is 13.0. The number of halogens is 1. The van der Waals surface area contributed by atoms with Crippen LogP contribution in [0.1, 0.15) is 6.42 Å². The molecule has 0 saturated heterocycles. The maximum Gasteiger partial charge on any atom is 0.241 e. The fraction of sp³-hybridized carbons (Fsp3) is 0.208. The minimum atomic E-state index is -3.62. The second kappa shape index (κ2) is 9.60. The molecule has 4 aromatic rings. The second-order valence-electron chi connectivity index (χ2n) is 7.72. The molecule has 0 unspecified atom stereocenters. The Bertz CT molecular complexity index is 1370. The summed E-state index contributed by atoms with van der Waals surface area (Å²) in [5, 5.41) is 6.10. The van der Waals surface area contributed by atoms with Crippen molar-refractivity contribution in [1.29, 1.82) is 0 Å². The van der Waals surface area contributed by atoms with Crippen molar-refractivity contribution in [1.82, 2.24) is 9.71 Å². The Morgan fingerprint density at radius 1 is 0.938 bits per heavy atom. The van der Waals surface area contributed by atoms with E-state index in [4.69, 9.17) is 0 Å². The van der Waals surface area contributed by atoms with Crippen LogP contribution in [0.5, 0.6) is 0 Å². The van der Waals surface area contributed by atoms with E-state index in [0.29, 0.717) is 24.4 Å². The van der Waals surface area contributed by atoms with Gasteiger partial charge < -0.3 is 10.2 Å². The normalized spacial score (nSPS) is 11.7. The fourth-order valence-corrected chi connectivity index (χ4v) is 5.53. The Balaban J connectivity index is 1.42. The zero-order chi connectivity index (χ0) is 22.7. The van der Waals surface area contributed by atoms with E-state index in [1.165, 1.54) is 0 Å². The lowest BCUT2D eigenvalue weighted by molar-refractivity contribution is 0.581. The highest BCUT2D eigenvalue weighted by atomic mass is 127. The van der Waals surface area contributed by atoms with Crippen LogP contribution in [0.15, 0.2) is 71.8 Å². The molecular weight excluding hydrogens is 535 g/mol. The smallest absolute Gasteiger partial charge is 0.241 e. The van der Waals surface area contributed by atoms with Crippen molar-refractivity contribution >= 4 is 65.7 Å². The highest BCUT2D eigenvalue weighted by Crippen LogP contribution is 2.30. The summed E-state index contributed by atoms with van der Waals surface area (Å²) in [5.74, 6) is 0. The van der Waals surface area contributed by atoms with E-state index in [-0.39, 0.29) is 0 Å². The molecule has 0 bridgehead atoms. The minimum absolute atomic E-state index is 0.307. The average Bonchev–Trinajstić information content (AvgIpc) is 2.77. The molecule has 1 aromatic heterocycles. The van der Waals surface area contributed by atoms with Crippen molar-refractivity contribution in [2.75, 3.05) is 37.4 Å². The number of nitrogens with one attached hydrogen (secondary N) is 2. The Kier molecular flexibility index (Phi) is 6.82. The van der Waals surface area contributed by atoms with Crippen LogP contribution in [-0.2, 0) is 10.0 Å². The lowest BCUT2D eigenvalue weighted by Gasteiger charge is -2.17. The van der Waals surface area contributed by atoms with Gasteiger partial charge in [-0.1, -0.05) is 24.3 Å². The number of nitrogens with zero attached hydrogens (tertiary/aromatic N) is 2. The average molecular weight is 560 g/mol. The first-order chi connectivity index (χ1) is 15.4. The van der Waals surface area contributed by atoms with Gasteiger partial charge in [-0.2, -0.15) is 0 Å². The Labute approximate surface area is 202 Å². The van der Waals surface area contributed by atoms with Gasteiger partial charge in [-0.3, -0.25) is 4.98 Å². The van der Waals surface area contributed by atoms with Gasteiger partial charge in [0.1, 0.15) is 0 Å². The fourth-order valence-electron chi connectivity index (χ4n) is 3.76. The van der Waals surface area contributed by atoms with E-state index in [1.54, 1.807) is 18.3 Å². The van der Waals surface area contributed by atoms with Gasteiger partial charge in [0.25, 0.3) is 0 Å². The van der Waals surface area contributed by atoms with Crippen LogP contribution >= 0.6 is 22.6 Å². The van der Waals surface area contributed by atoms with E-state index in [9.17, 15) is 8.42 Å². The molecule has 2 N–H and O–H groups in total. The van der Waals surface area contributed by atoms with Crippen LogP contribution in [0.25, 0.3) is 21.7 Å². The predicted molar refractivity (Wildman–Crippen MR) is 141 cm³/mol. The molecule has 3 aromatic carbocycles. The summed E-state index contributed by atoms with van der Waals surface area (Å²) in [7, 11) is 0.284. The van der Waals surface area contributed by atoms with Crippen molar-refractivity contribution in [3.63, 3.8) is 0 Å². The number of benzene rings is 3. The summed E-state index contributed by atoms with van der Waals surface area (Å²) in [5.41, 5.74) is 2.93. The lowest BCUT2D eigenvalue weighted by Crippen LogP contribution is -2.26. The van der Waals surface area contributed by atoms with Crippen molar-refractivity contribution in [2.24, 2.45) is 0 Å². The number of hydrogen-bond acceptors (Lipinski definition) is 5. The SMILES string of the molecule is CN(C)c1cccc2c(S(=O)(=O)NCCCNc3ccnc4cc(I)ccc34)cccc12. The molecule has 1 heterocycles. The van der Waals surface area contributed by atoms with Crippen molar-refractivity contribution < 1.29 is 8.42 Å². The molecule has 0 spiro atoms. The molecule has 0 saturated carbocycles. The van der Waals surface area contributed by atoms with Gasteiger partial charge in [0.15, 0.2) is 0 Å². The number of hydrogen-bond donors (Lipinski definition) is 2. The molecule has 0 amide bonds. The molecule has 4 rings (SSSR count). The van der Waals surface area contributed by atoms with Gasteiger partial charge in [-0.15, -0.1) is 0 Å². The van der Waals surface area contributed by atoms with Crippen LogP contribution in [0, 0.1) is 3.57 Å². The Morgan fingerprint density at radius 3 is 2.53 bits per heavy atom. The molecule has 0 aliphatic heterocycles. The number of anilines is 2. The Hall–Kier alpha value is -2.43. The van der Waals surface area contributed by atoms with Gasteiger partial charge in [-0.25, -0.2) is 13.1 Å². The van der Waals surface area contributed by atoms with Gasteiger partial charge in [0, 0.05) is 64.5 Å². The highest BCUT2D eigenvalue weighted by molar-refractivity contribution is 14.1. The van der Waals surface area contributed by atoms with Crippen molar-refractivity contribution in [3.8, 4) is 0 Å². The standard InChI is InChI=1S/C24H25IN4O2S/c1-29(2)23-8-3-7-19-18(23)6-4-9-24(19)32(30,31)28-14-5-13-26-21-12-15-27-22-16-17(25)10-11-20(21)22/h3-4,6-12,15-16,28H,5,13-14H2,1-2H3,(H,26,27). The molecule has 0 atom stereocenters. The van der Waals surface area contributed by atoms with Gasteiger partial charge >= 0.3 is 0 Å². The molecule has 0 aliphatic rings. The van der Waals surface area contributed by atoms with E-state index in [2.05, 4.69) is 49.7 Å². The lowest BCUT2D eigenvalue weighted by atomic mass is 10.1. The number of aromatic nitrogens is 1. The maximum atomic E-state index is 13.0. The van der Waals surface area contributed by atoms with E-state index < -0.39 is 10.0 Å². The number of sulfonamides is 1. The summed E-state index contributed by atoms with van der Waals surface area (Å²) in [6, 6.07) is 19.2. The van der Waals surface area contributed by atoms with Crippen LogP contribution in [0.3, 0.4) is 0 Å². The topological polar surface area (TPSA) is 74.3 Å².